The first-order chi connectivity index (χ1) is 14.1. The second-order valence-corrected chi connectivity index (χ2v) is 8.14. The molecular weight excluding hydrogens is 384 g/mol. The van der Waals surface area contributed by atoms with Crippen LogP contribution in [0.3, 0.4) is 0 Å². The topological polar surface area (TPSA) is 59.5 Å². The van der Waals surface area contributed by atoms with Gasteiger partial charge in [0.2, 0.25) is 5.91 Å². The van der Waals surface area contributed by atoms with Crippen LogP contribution in [0.4, 0.5) is 0 Å². The lowest BCUT2D eigenvalue weighted by atomic mass is 10.1. The first-order valence-corrected chi connectivity index (χ1v) is 10.5. The molecule has 4 rings (SSSR count). The van der Waals surface area contributed by atoms with Gasteiger partial charge in [-0.3, -0.25) is 9.59 Å². The summed E-state index contributed by atoms with van der Waals surface area (Å²) >= 11 is 1.53. The summed E-state index contributed by atoms with van der Waals surface area (Å²) in [5.74, 6) is -0.758. The van der Waals surface area contributed by atoms with Gasteiger partial charge in [0.05, 0.1) is 11.6 Å². The van der Waals surface area contributed by atoms with Crippen LogP contribution in [0.15, 0.2) is 60.0 Å². The second kappa shape index (κ2) is 8.57. The van der Waals surface area contributed by atoms with Crippen LogP contribution >= 0.6 is 11.3 Å². The Balaban J connectivity index is 1.31. The average molecular weight is 407 g/mol. The number of hydrogen-bond donors (Lipinski definition) is 0. The Morgan fingerprint density at radius 2 is 1.93 bits per heavy atom. The maximum absolute atomic E-state index is 12.5. The summed E-state index contributed by atoms with van der Waals surface area (Å²) in [7, 11) is 0. The number of nitrogens with zero attached hydrogens (tertiary/aromatic N) is 2. The van der Waals surface area contributed by atoms with E-state index >= 15 is 0 Å². The van der Waals surface area contributed by atoms with Crippen molar-refractivity contribution in [3.05, 3.63) is 76.8 Å². The van der Waals surface area contributed by atoms with Crippen molar-refractivity contribution in [2.45, 2.75) is 26.5 Å². The summed E-state index contributed by atoms with van der Waals surface area (Å²) < 4.78 is 5.45. The van der Waals surface area contributed by atoms with Gasteiger partial charge in [-0.15, -0.1) is 11.3 Å². The van der Waals surface area contributed by atoms with E-state index < -0.39 is 5.92 Å². The van der Waals surface area contributed by atoms with Crippen molar-refractivity contribution < 1.29 is 14.3 Å². The summed E-state index contributed by atoms with van der Waals surface area (Å²) in [4.78, 5) is 31.0. The number of ether oxygens (including phenoxy) is 1. The highest BCUT2D eigenvalue weighted by molar-refractivity contribution is 7.13. The van der Waals surface area contributed by atoms with Crippen molar-refractivity contribution in [2.75, 3.05) is 6.54 Å². The van der Waals surface area contributed by atoms with E-state index in [0.717, 1.165) is 21.8 Å². The summed E-state index contributed by atoms with van der Waals surface area (Å²) in [5.41, 5.74) is 4.04. The molecule has 1 saturated heterocycles. The molecule has 1 amide bonds. The van der Waals surface area contributed by atoms with E-state index in [0.29, 0.717) is 13.1 Å². The van der Waals surface area contributed by atoms with Crippen LogP contribution in [-0.4, -0.2) is 28.3 Å². The number of thiazole rings is 1. The summed E-state index contributed by atoms with van der Waals surface area (Å²) in [5, 5.41) is 2.81. The van der Waals surface area contributed by atoms with E-state index in [1.165, 1.54) is 16.9 Å². The summed E-state index contributed by atoms with van der Waals surface area (Å²) in [6.45, 7) is 3.10. The van der Waals surface area contributed by atoms with Crippen LogP contribution in [0.1, 0.15) is 23.2 Å². The predicted octanol–water partition coefficient (Wildman–Crippen LogP) is 4.21. The number of amides is 1. The second-order valence-electron chi connectivity index (χ2n) is 7.28. The molecule has 0 saturated carbocycles. The molecule has 1 unspecified atom stereocenters. The van der Waals surface area contributed by atoms with Crippen LogP contribution in [0.25, 0.3) is 10.6 Å². The zero-order chi connectivity index (χ0) is 20.2. The van der Waals surface area contributed by atoms with Crippen LogP contribution in [-0.2, 0) is 27.5 Å². The Morgan fingerprint density at radius 1 is 1.17 bits per heavy atom. The maximum Gasteiger partial charge on any atom is 0.311 e. The van der Waals surface area contributed by atoms with Gasteiger partial charge in [0.15, 0.2) is 0 Å². The number of benzene rings is 2. The van der Waals surface area contributed by atoms with Gasteiger partial charge in [-0.1, -0.05) is 60.2 Å². The lowest BCUT2D eigenvalue weighted by Crippen LogP contribution is -2.26. The van der Waals surface area contributed by atoms with E-state index in [1.54, 1.807) is 4.90 Å². The van der Waals surface area contributed by atoms with Gasteiger partial charge in [0.25, 0.3) is 0 Å². The number of aryl methyl sites for hydroxylation is 1. The Hall–Kier alpha value is -2.99. The summed E-state index contributed by atoms with van der Waals surface area (Å²) in [6, 6.07) is 18.0. The Morgan fingerprint density at radius 3 is 2.69 bits per heavy atom. The summed E-state index contributed by atoms with van der Waals surface area (Å²) in [6.07, 6.45) is 0.206. The molecule has 1 aliphatic heterocycles. The smallest absolute Gasteiger partial charge is 0.311 e. The van der Waals surface area contributed by atoms with Crippen molar-refractivity contribution in [3.63, 3.8) is 0 Å². The molecule has 2 aromatic carbocycles. The van der Waals surface area contributed by atoms with Crippen LogP contribution in [0.5, 0.6) is 0 Å². The fraction of sp³-hybridized carbons (Fsp3) is 0.261. The van der Waals surface area contributed by atoms with Crippen molar-refractivity contribution in [1.82, 2.24) is 9.88 Å². The van der Waals surface area contributed by atoms with Gasteiger partial charge >= 0.3 is 5.97 Å². The minimum atomic E-state index is -0.415. The number of aromatic nitrogens is 1. The van der Waals surface area contributed by atoms with Crippen molar-refractivity contribution in [2.24, 2.45) is 5.92 Å². The van der Waals surface area contributed by atoms with Gasteiger partial charge in [-0.2, -0.15) is 0 Å². The third-order valence-corrected chi connectivity index (χ3v) is 5.92. The number of esters is 1. The molecule has 1 fully saturated rings. The lowest BCUT2D eigenvalue weighted by molar-refractivity contribution is -0.149. The fourth-order valence-electron chi connectivity index (χ4n) is 3.35. The van der Waals surface area contributed by atoms with Crippen molar-refractivity contribution in [3.8, 4) is 10.6 Å². The Kier molecular flexibility index (Phi) is 5.71. The monoisotopic (exact) mass is 406 g/mol. The molecule has 1 aromatic heterocycles. The highest BCUT2D eigenvalue weighted by atomic mass is 32.1. The van der Waals surface area contributed by atoms with E-state index in [4.69, 9.17) is 4.74 Å². The Labute approximate surface area is 174 Å². The zero-order valence-electron chi connectivity index (χ0n) is 16.2. The molecule has 3 aromatic rings. The average Bonchev–Trinajstić information content (AvgIpc) is 3.35. The van der Waals surface area contributed by atoms with Crippen LogP contribution in [0, 0.1) is 12.8 Å². The van der Waals surface area contributed by atoms with E-state index in [9.17, 15) is 9.59 Å². The first kappa shape index (κ1) is 19.3. The lowest BCUT2D eigenvalue weighted by Gasteiger charge is -2.16. The quantitative estimate of drug-likeness (QED) is 0.576. The van der Waals surface area contributed by atoms with Gasteiger partial charge < -0.3 is 9.64 Å². The van der Waals surface area contributed by atoms with Gasteiger partial charge in [0.1, 0.15) is 11.6 Å². The first-order valence-electron chi connectivity index (χ1n) is 9.58. The van der Waals surface area contributed by atoms with E-state index in [-0.39, 0.29) is 24.9 Å². The van der Waals surface area contributed by atoms with Crippen LogP contribution < -0.4 is 0 Å². The molecule has 1 atom stereocenters. The number of hydrogen-bond acceptors (Lipinski definition) is 5. The van der Waals surface area contributed by atoms with E-state index in [1.807, 2.05) is 54.8 Å². The molecule has 0 bridgehead atoms. The number of carbonyl (C=O) groups excluding carboxylic acids is 2. The highest BCUT2D eigenvalue weighted by Crippen LogP contribution is 2.25. The van der Waals surface area contributed by atoms with Crippen molar-refractivity contribution in [1.29, 1.82) is 0 Å². The normalized spacial score (nSPS) is 16.2. The molecule has 0 radical (unpaired) electrons. The predicted molar refractivity (Wildman–Crippen MR) is 112 cm³/mol. The van der Waals surface area contributed by atoms with Gasteiger partial charge in [-0.05, 0) is 12.5 Å². The SMILES string of the molecule is Cc1ccc(-c2nc(COC(=O)C3CC(=O)N(Cc4ccccc4)C3)cs2)cc1. The molecule has 29 heavy (non-hydrogen) atoms. The third-order valence-electron chi connectivity index (χ3n) is 4.98. The number of rotatable bonds is 6. The molecule has 0 aliphatic carbocycles. The highest BCUT2D eigenvalue weighted by Gasteiger charge is 2.35. The Bertz CT molecular complexity index is 998. The molecule has 148 valence electrons. The van der Waals surface area contributed by atoms with Crippen molar-refractivity contribution >= 4 is 23.2 Å². The number of likely N-dealkylation sites (tertiary alicyclic amines) is 1. The third kappa shape index (κ3) is 4.71. The standard InChI is InChI=1S/C23H22N2O3S/c1-16-7-9-18(10-8-16)22-24-20(15-29-22)14-28-23(27)19-11-21(26)25(13-19)12-17-5-3-2-4-6-17/h2-10,15,19H,11-14H2,1H3. The molecule has 1 aliphatic rings. The number of carbonyl (C=O) groups is 2. The van der Waals surface area contributed by atoms with Gasteiger partial charge in [-0.25, -0.2) is 4.98 Å². The minimum absolute atomic E-state index is 0.00822. The largest absolute Gasteiger partial charge is 0.459 e. The molecule has 5 nitrogen and oxygen atoms in total. The molecular formula is C23H22N2O3S. The molecule has 0 spiro atoms. The molecule has 2 heterocycles. The van der Waals surface area contributed by atoms with E-state index in [2.05, 4.69) is 17.1 Å². The minimum Gasteiger partial charge on any atom is -0.459 e. The zero-order valence-corrected chi connectivity index (χ0v) is 17.0. The fourth-order valence-corrected chi connectivity index (χ4v) is 4.16. The maximum atomic E-state index is 12.5. The molecule has 0 N–H and O–H groups in total. The van der Waals surface area contributed by atoms with Crippen LogP contribution in [0.2, 0.25) is 0 Å². The molecule has 6 heteroatoms. The van der Waals surface area contributed by atoms with Gasteiger partial charge in [0, 0.05) is 30.5 Å².